The molecule has 4 unspecified atom stereocenters. The van der Waals surface area contributed by atoms with Crippen molar-refractivity contribution in [1.82, 2.24) is 0 Å². The first-order valence-corrected chi connectivity index (χ1v) is 9.60. The second-order valence-corrected chi connectivity index (χ2v) is 7.92. The first-order valence-electron chi connectivity index (χ1n) is 9.15. The molecule has 1 aliphatic rings. The summed E-state index contributed by atoms with van der Waals surface area (Å²) in [4.78, 5) is 1.11. The molecule has 0 aliphatic heterocycles. The number of hydrogen-bond acceptors (Lipinski definition) is 2. The summed E-state index contributed by atoms with van der Waals surface area (Å²) in [6.45, 7) is 11.2. The number of allylic oxidation sites excluding steroid dienone is 1. The maximum atomic E-state index is 10.1. The van der Waals surface area contributed by atoms with Crippen LogP contribution in [0.2, 0.25) is 0 Å². The number of aliphatic hydroxyl groups excluding tert-OH is 1. The first kappa shape index (κ1) is 19.8. The molecule has 0 fully saturated rings. The van der Waals surface area contributed by atoms with E-state index in [1.165, 1.54) is 49.7 Å². The predicted molar refractivity (Wildman–Crippen MR) is 101 cm³/mol. The van der Waals surface area contributed by atoms with E-state index in [4.69, 9.17) is 0 Å². The van der Waals surface area contributed by atoms with Gasteiger partial charge in [0.1, 0.15) is 0 Å². The van der Waals surface area contributed by atoms with Crippen molar-refractivity contribution >= 4 is 12.6 Å². The molecule has 0 saturated carbocycles. The second kappa shape index (κ2) is 9.82. The highest BCUT2D eigenvalue weighted by Crippen LogP contribution is 2.35. The Morgan fingerprint density at radius 1 is 1.14 bits per heavy atom. The van der Waals surface area contributed by atoms with Gasteiger partial charge in [-0.3, -0.25) is 0 Å². The lowest BCUT2D eigenvalue weighted by Crippen LogP contribution is -2.21. The Labute approximate surface area is 143 Å². The molecule has 1 aliphatic carbocycles. The minimum absolute atomic E-state index is 0.203. The molecule has 0 aromatic carbocycles. The molecule has 0 amide bonds. The zero-order valence-corrected chi connectivity index (χ0v) is 16.1. The van der Waals surface area contributed by atoms with Gasteiger partial charge in [0.2, 0.25) is 0 Å². The maximum Gasteiger partial charge on any atom is 0.0789 e. The summed E-state index contributed by atoms with van der Waals surface area (Å²) >= 11 is 4.67. The van der Waals surface area contributed by atoms with E-state index in [0.29, 0.717) is 0 Å². The average molecular weight is 325 g/mol. The Morgan fingerprint density at radius 2 is 1.73 bits per heavy atom. The molecular weight excluding hydrogens is 288 g/mol. The summed E-state index contributed by atoms with van der Waals surface area (Å²) in [5.74, 6) is 1.84. The summed E-state index contributed by atoms with van der Waals surface area (Å²) in [5.41, 5.74) is 2.48. The van der Waals surface area contributed by atoms with E-state index in [2.05, 4.69) is 47.2 Å². The van der Waals surface area contributed by atoms with E-state index in [9.17, 15) is 5.11 Å². The van der Waals surface area contributed by atoms with Crippen molar-refractivity contribution in [2.45, 2.75) is 85.7 Å². The molecule has 0 heterocycles. The third kappa shape index (κ3) is 6.12. The number of rotatable bonds is 9. The first-order chi connectivity index (χ1) is 10.4. The minimum Gasteiger partial charge on any atom is -0.388 e. The van der Waals surface area contributed by atoms with Crippen LogP contribution in [0.5, 0.6) is 0 Å². The third-order valence-electron chi connectivity index (χ3n) is 5.33. The van der Waals surface area contributed by atoms with Crippen molar-refractivity contribution in [3.05, 3.63) is 22.1 Å². The van der Waals surface area contributed by atoms with Gasteiger partial charge in [-0.1, -0.05) is 71.4 Å². The molecule has 0 aromatic heterocycles. The standard InChI is InChI=1S/C20H36OS/c1-6-8-14(2)9-7-10-15(3)11-12-18-13-19(21)16(4)17(5)20(18)22/h13-16,19,21-22H,6-12H2,1-5H3. The van der Waals surface area contributed by atoms with Crippen LogP contribution in [-0.4, -0.2) is 11.2 Å². The molecule has 2 heteroatoms. The average Bonchev–Trinajstić information content (AvgIpc) is 2.47. The van der Waals surface area contributed by atoms with Crippen LogP contribution in [0.4, 0.5) is 0 Å². The molecule has 22 heavy (non-hydrogen) atoms. The summed E-state index contributed by atoms with van der Waals surface area (Å²) in [6.07, 6.45) is 10.7. The highest BCUT2D eigenvalue weighted by atomic mass is 32.1. The fourth-order valence-electron chi connectivity index (χ4n) is 3.35. The van der Waals surface area contributed by atoms with E-state index in [1.807, 2.05) is 6.08 Å². The molecule has 0 aromatic rings. The Morgan fingerprint density at radius 3 is 2.32 bits per heavy atom. The van der Waals surface area contributed by atoms with Crippen LogP contribution in [0, 0.1) is 17.8 Å². The largest absolute Gasteiger partial charge is 0.388 e. The van der Waals surface area contributed by atoms with Gasteiger partial charge in [-0.2, -0.15) is 0 Å². The zero-order chi connectivity index (χ0) is 16.7. The van der Waals surface area contributed by atoms with Gasteiger partial charge >= 0.3 is 0 Å². The normalized spacial score (nSPS) is 25.1. The smallest absolute Gasteiger partial charge is 0.0789 e. The van der Waals surface area contributed by atoms with Gasteiger partial charge in [0, 0.05) is 10.8 Å². The highest BCUT2D eigenvalue weighted by molar-refractivity contribution is 7.84. The maximum absolute atomic E-state index is 10.1. The van der Waals surface area contributed by atoms with Crippen molar-refractivity contribution in [3.8, 4) is 0 Å². The van der Waals surface area contributed by atoms with Crippen LogP contribution in [0.15, 0.2) is 22.1 Å². The minimum atomic E-state index is -0.337. The second-order valence-electron chi connectivity index (χ2n) is 7.47. The van der Waals surface area contributed by atoms with Gasteiger partial charge in [0.15, 0.2) is 0 Å². The molecule has 1 rings (SSSR count). The molecule has 0 radical (unpaired) electrons. The van der Waals surface area contributed by atoms with E-state index in [0.717, 1.165) is 23.2 Å². The van der Waals surface area contributed by atoms with Gasteiger partial charge in [-0.25, -0.2) is 0 Å². The van der Waals surface area contributed by atoms with Gasteiger partial charge < -0.3 is 5.11 Å². The molecule has 4 atom stereocenters. The number of aliphatic hydroxyl groups is 1. The molecule has 0 saturated heterocycles. The van der Waals surface area contributed by atoms with Crippen molar-refractivity contribution in [3.63, 3.8) is 0 Å². The molecular formula is C20H36OS. The van der Waals surface area contributed by atoms with Gasteiger partial charge in [0.05, 0.1) is 6.10 Å². The van der Waals surface area contributed by atoms with Crippen molar-refractivity contribution < 1.29 is 5.11 Å². The lowest BCUT2D eigenvalue weighted by atomic mass is 9.85. The highest BCUT2D eigenvalue weighted by Gasteiger charge is 2.23. The van der Waals surface area contributed by atoms with E-state index in [1.54, 1.807) is 0 Å². The topological polar surface area (TPSA) is 20.2 Å². The third-order valence-corrected chi connectivity index (χ3v) is 5.97. The van der Waals surface area contributed by atoms with Crippen LogP contribution in [0.3, 0.4) is 0 Å². The fourth-order valence-corrected chi connectivity index (χ4v) is 3.74. The number of thiol groups is 1. The van der Waals surface area contributed by atoms with Crippen molar-refractivity contribution in [2.24, 2.45) is 17.8 Å². The summed E-state index contributed by atoms with van der Waals surface area (Å²) in [6, 6.07) is 0. The van der Waals surface area contributed by atoms with Gasteiger partial charge in [0.25, 0.3) is 0 Å². The summed E-state index contributed by atoms with van der Waals surface area (Å²) in [5, 5.41) is 10.1. The van der Waals surface area contributed by atoms with Crippen LogP contribution >= 0.6 is 12.6 Å². The van der Waals surface area contributed by atoms with Crippen molar-refractivity contribution in [2.75, 3.05) is 0 Å². The Kier molecular flexibility index (Phi) is 8.86. The zero-order valence-electron chi connectivity index (χ0n) is 15.2. The Balaban J connectivity index is 2.35. The van der Waals surface area contributed by atoms with Crippen LogP contribution in [0.25, 0.3) is 0 Å². The Hall–Kier alpha value is -0.210. The molecule has 0 spiro atoms. The quantitative estimate of drug-likeness (QED) is 0.487. The number of hydrogen-bond donors (Lipinski definition) is 2. The summed E-state index contributed by atoms with van der Waals surface area (Å²) < 4.78 is 0. The lowest BCUT2D eigenvalue weighted by molar-refractivity contribution is 0.176. The monoisotopic (exact) mass is 324 g/mol. The fraction of sp³-hybridized carbons (Fsp3) is 0.800. The van der Waals surface area contributed by atoms with Crippen LogP contribution < -0.4 is 0 Å². The molecule has 0 bridgehead atoms. The van der Waals surface area contributed by atoms with Crippen molar-refractivity contribution in [1.29, 1.82) is 0 Å². The van der Waals surface area contributed by atoms with Gasteiger partial charge in [-0.15, -0.1) is 12.6 Å². The molecule has 1 N–H and O–H groups in total. The predicted octanol–water partition coefficient (Wildman–Crippen LogP) is 6.15. The summed E-state index contributed by atoms with van der Waals surface area (Å²) in [7, 11) is 0. The van der Waals surface area contributed by atoms with E-state index >= 15 is 0 Å². The van der Waals surface area contributed by atoms with Gasteiger partial charge in [-0.05, 0) is 37.2 Å². The molecule has 1 nitrogen and oxygen atoms in total. The van der Waals surface area contributed by atoms with E-state index in [-0.39, 0.29) is 12.0 Å². The van der Waals surface area contributed by atoms with Crippen LogP contribution in [-0.2, 0) is 0 Å². The van der Waals surface area contributed by atoms with Crippen LogP contribution in [0.1, 0.15) is 79.6 Å². The molecule has 128 valence electrons. The van der Waals surface area contributed by atoms with E-state index < -0.39 is 0 Å². The lowest BCUT2D eigenvalue weighted by Gasteiger charge is -2.27. The Bertz CT molecular complexity index is 397. The SMILES string of the molecule is CCCC(C)CCCC(C)CCC1=CC(O)C(C)C(C)=C1S.